The predicted octanol–water partition coefficient (Wildman–Crippen LogP) is 2.41. The average Bonchev–Trinajstić information content (AvgIpc) is 2.86. The summed E-state index contributed by atoms with van der Waals surface area (Å²) in [4.78, 5) is 14.5. The fraction of sp³-hybridized carbons (Fsp3) is 0.500. The van der Waals surface area contributed by atoms with E-state index < -0.39 is 0 Å². The molecule has 0 saturated carbocycles. The fourth-order valence-electron chi connectivity index (χ4n) is 3.34. The van der Waals surface area contributed by atoms with Gasteiger partial charge in [0.2, 0.25) is 0 Å². The molecule has 0 aromatic heterocycles. The van der Waals surface area contributed by atoms with Crippen molar-refractivity contribution in [1.82, 2.24) is 10.2 Å². The molecule has 3 unspecified atom stereocenters. The number of benzene rings is 1. The van der Waals surface area contributed by atoms with Crippen LogP contribution in [0.3, 0.4) is 0 Å². The third-order valence-corrected chi connectivity index (χ3v) is 4.58. The lowest BCUT2D eigenvalue weighted by Crippen LogP contribution is -2.42. The van der Waals surface area contributed by atoms with Gasteiger partial charge in [0, 0.05) is 35.2 Å². The van der Waals surface area contributed by atoms with E-state index in [1.807, 2.05) is 4.90 Å². The Morgan fingerprint density at radius 3 is 2.95 bits per heavy atom. The smallest absolute Gasteiger partial charge is 0.254 e. The molecule has 2 fully saturated rings. The van der Waals surface area contributed by atoms with E-state index in [-0.39, 0.29) is 23.8 Å². The largest absolute Gasteiger partial charge is 0.331 e. The van der Waals surface area contributed by atoms with Gasteiger partial charge in [0.15, 0.2) is 0 Å². The Hall–Kier alpha value is -0.940. The van der Waals surface area contributed by atoms with E-state index in [1.165, 1.54) is 12.1 Å². The molecule has 1 aromatic carbocycles. The molecule has 1 N–H and O–H groups in total. The summed E-state index contributed by atoms with van der Waals surface area (Å²) in [7, 11) is 0. The number of rotatable bonds is 1. The number of likely N-dealkylation sites (tertiary alicyclic amines) is 1. The van der Waals surface area contributed by atoms with Gasteiger partial charge < -0.3 is 10.2 Å². The van der Waals surface area contributed by atoms with E-state index in [4.69, 9.17) is 0 Å². The molecule has 0 spiro atoms. The van der Waals surface area contributed by atoms with Gasteiger partial charge in [0.05, 0.1) is 0 Å². The second-order valence-electron chi connectivity index (χ2n) is 5.44. The van der Waals surface area contributed by atoms with Crippen LogP contribution in [0.4, 0.5) is 4.39 Å². The fourth-order valence-corrected chi connectivity index (χ4v) is 3.81. The van der Waals surface area contributed by atoms with Crippen LogP contribution in [0.5, 0.6) is 0 Å². The molecule has 19 heavy (non-hydrogen) atoms. The molecule has 0 aliphatic carbocycles. The molecule has 2 aliphatic rings. The van der Waals surface area contributed by atoms with Gasteiger partial charge in [0.25, 0.3) is 5.91 Å². The number of nitrogens with zero attached hydrogens (tertiary/aromatic N) is 1. The van der Waals surface area contributed by atoms with Crippen LogP contribution in [-0.2, 0) is 0 Å². The molecule has 102 valence electrons. The molecule has 3 nitrogen and oxygen atoms in total. The maximum Gasteiger partial charge on any atom is 0.254 e. The number of hydrogen-bond donors (Lipinski definition) is 1. The number of carbonyl (C=O) groups excluding carboxylic acids is 1. The van der Waals surface area contributed by atoms with Crippen LogP contribution in [-0.4, -0.2) is 36.0 Å². The van der Waals surface area contributed by atoms with Gasteiger partial charge in [-0.15, -0.1) is 0 Å². The Bertz CT molecular complexity index is 502. The second-order valence-corrected chi connectivity index (χ2v) is 6.36. The standard InChI is InChI=1S/C14H16BrFN2O/c1-8-2-10-6-17-7-13(10)18(8)14(19)9-3-11(15)5-12(16)4-9/h3-5,8,10,13,17H,2,6-7H2,1H3. The van der Waals surface area contributed by atoms with Gasteiger partial charge in [-0.1, -0.05) is 15.9 Å². The maximum absolute atomic E-state index is 13.4. The summed E-state index contributed by atoms with van der Waals surface area (Å²) in [5.41, 5.74) is 0.422. The van der Waals surface area contributed by atoms with E-state index in [0.29, 0.717) is 16.0 Å². The number of fused-ring (bicyclic) bond motifs is 1. The van der Waals surface area contributed by atoms with Gasteiger partial charge in [-0.05, 0) is 37.5 Å². The van der Waals surface area contributed by atoms with Crippen molar-refractivity contribution in [2.75, 3.05) is 13.1 Å². The summed E-state index contributed by atoms with van der Waals surface area (Å²) in [6, 6.07) is 4.85. The summed E-state index contributed by atoms with van der Waals surface area (Å²) in [6.45, 7) is 3.90. The Labute approximate surface area is 120 Å². The van der Waals surface area contributed by atoms with Crippen LogP contribution in [0.2, 0.25) is 0 Å². The van der Waals surface area contributed by atoms with Gasteiger partial charge in [-0.2, -0.15) is 0 Å². The molecule has 1 amide bonds. The normalized spacial score (nSPS) is 29.6. The molecule has 3 atom stereocenters. The van der Waals surface area contributed by atoms with Crippen molar-refractivity contribution in [3.05, 3.63) is 34.1 Å². The summed E-state index contributed by atoms with van der Waals surface area (Å²) in [5, 5.41) is 3.33. The van der Waals surface area contributed by atoms with Gasteiger partial charge >= 0.3 is 0 Å². The number of hydrogen-bond acceptors (Lipinski definition) is 2. The molecule has 2 heterocycles. The highest BCUT2D eigenvalue weighted by Gasteiger charge is 2.44. The van der Waals surface area contributed by atoms with E-state index in [0.717, 1.165) is 19.5 Å². The van der Waals surface area contributed by atoms with Crippen LogP contribution in [0.1, 0.15) is 23.7 Å². The topological polar surface area (TPSA) is 32.3 Å². The molecule has 0 bridgehead atoms. The summed E-state index contributed by atoms with van der Waals surface area (Å²) in [6.07, 6.45) is 1.03. The lowest BCUT2D eigenvalue weighted by atomic mass is 10.0. The first-order valence-corrected chi connectivity index (χ1v) is 7.35. The van der Waals surface area contributed by atoms with Crippen molar-refractivity contribution in [3.63, 3.8) is 0 Å². The van der Waals surface area contributed by atoms with Crippen molar-refractivity contribution in [2.24, 2.45) is 5.92 Å². The third-order valence-electron chi connectivity index (χ3n) is 4.12. The molecule has 0 radical (unpaired) electrons. The summed E-state index contributed by atoms with van der Waals surface area (Å²) in [5.74, 6) is 0.0884. The first-order valence-electron chi connectivity index (χ1n) is 6.55. The Balaban J connectivity index is 1.90. The van der Waals surface area contributed by atoms with Crippen molar-refractivity contribution in [1.29, 1.82) is 0 Å². The molecule has 1 aromatic rings. The average molecular weight is 327 g/mol. The summed E-state index contributed by atoms with van der Waals surface area (Å²) >= 11 is 3.24. The van der Waals surface area contributed by atoms with Crippen LogP contribution >= 0.6 is 15.9 Å². The summed E-state index contributed by atoms with van der Waals surface area (Å²) < 4.78 is 14.0. The maximum atomic E-state index is 13.4. The van der Waals surface area contributed by atoms with E-state index in [2.05, 4.69) is 28.2 Å². The van der Waals surface area contributed by atoms with E-state index >= 15 is 0 Å². The van der Waals surface area contributed by atoms with Crippen LogP contribution in [0, 0.1) is 11.7 Å². The van der Waals surface area contributed by atoms with Crippen LogP contribution in [0.25, 0.3) is 0 Å². The minimum absolute atomic E-state index is 0.0658. The first-order chi connectivity index (χ1) is 9.06. The zero-order chi connectivity index (χ0) is 13.6. The molecule has 3 rings (SSSR count). The van der Waals surface area contributed by atoms with Gasteiger partial charge in [-0.3, -0.25) is 4.79 Å². The lowest BCUT2D eigenvalue weighted by molar-refractivity contribution is 0.0681. The molecular formula is C14H16BrFN2O. The quantitative estimate of drug-likeness (QED) is 0.859. The Morgan fingerprint density at radius 1 is 1.42 bits per heavy atom. The van der Waals surface area contributed by atoms with Gasteiger partial charge in [0.1, 0.15) is 5.82 Å². The predicted molar refractivity (Wildman–Crippen MR) is 74.5 cm³/mol. The molecule has 2 aliphatic heterocycles. The minimum Gasteiger partial charge on any atom is -0.331 e. The van der Waals surface area contributed by atoms with Gasteiger partial charge in [-0.25, -0.2) is 4.39 Å². The molecule has 5 heteroatoms. The van der Waals surface area contributed by atoms with Crippen LogP contribution in [0.15, 0.2) is 22.7 Å². The minimum atomic E-state index is -0.384. The van der Waals surface area contributed by atoms with E-state index in [1.54, 1.807) is 6.07 Å². The first kappa shape index (κ1) is 13.1. The van der Waals surface area contributed by atoms with Crippen molar-refractivity contribution in [3.8, 4) is 0 Å². The third kappa shape index (κ3) is 2.30. The number of halogens is 2. The number of carbonyl (C=O) groups is 1. The highest BCUT2D eigenvalue weighted by atomic mass is 79.9. The lowest BCUT2D eigenvalue weighted by Gasteiger charge is -2.27. The SMILES string of the molecule is CC1CC2CNCC2N1C(=O)c1cc(F)cc(Br)c1. The number of nitrogens with one attached hydrogen (secondary N) is 1. The highest BCUT2D eigenvalue weighted by molar-refractivity contribution is 9.10. The zero-order valence-corrected chi connectivity index (χ0v) is 12.3. The van der Waals surface area contributed by atoms with Crippen LogP contribution < -0.4 is 5.32 Å². The highest BCUT2D eigenvalue weighted by Crippen LogP contribution is 2.33. The zero-order valence-electron chi connectivity index (χ0n) is 10.7. The van der Waals surface area contributed by atoms with Crippen molar-refractivity contribution in [2.45, 2.75) is 25.4 Å². The number of amides is 1. The van der Waals surface area contributed by atoms with Crippen molar-refractivity contribution < 1.29 is 9.18 Å². The Morgan fingerprint density at radius 2 is 2.21 bits per heavy atom. The monoisotopic (exact) mass is 326 g/mol. The van der Waals surface area contributed by atoms with Crippen molar-refractivity contribution >= 4 is 21.8 Å². The van der Waals surface area contributed by atoms with E-state index in [9.17, 15) is 9.18 Å². The Kier molecular flexibility index (Phi) is 3.35. The molecular weight excluding hydrogens is 311 g/mol. The second kappa shape index (κ2) is 4.87. The molecule has 2 saturated heterocycles.